The fourth-order valence-corrected chi connectivity index (χ4v) is 6.77. The van der Waals surface area contributed by atoms with Crippen LogP contribution in [0.2, 0.25) is 0 Å². The Morgan fingerprint density at radius 2 is 1.85 bits per heavy atom. The van der Waals surface area contributed by atoms with Crippen molar-refractivity contribution in [2.45, 2.75) is 76.7 Å². The smallest absolute Gasteiger partial charge is 0.459 e. The summed E-state index contributed by atoms with van der Waals surface area (Å²) in [6.45, 7) is 5.77. The van der Waals surface area contributed by atoms with Crippen LogP contribution in [0.5, 0.6) is 5.75 Å². The third-order valence-electron chi connectivity index (χ3n) is 7.99. The normalized spacial score (nSPS) is 24.3. The van der Waals surface area contributed by atoms with Gasteiger partial charge in [-0.3, -0.25) is 18.9 Å². The maximum absolute atomic E-state index is 14.3. The second kappa shape index (κ2) is 14.0. The van der Waals surface area contributed by atoms with Gasteiger partial charge in [0.2, 0.25) is 5.60 Å². The van der Waals surface area contributed by atoms with Crippen LogP contribution < -0.4 is 15.3 Å². The van der Waals surface area contributed by atoms with E-state index < -0.39 is 55.6 Å². The molecule has 1 saturated heterocycles. The molecular weight excluding hydrogens is 633 g/mol. The molecule has 0 radical (unpaired) electrons. The van der Waals surface area contributed by atoms with Gasteiger partial charge in [0.25, 0.3) is 0 Å². The molecule has 3 N–H and O–H groups in total. The highest BCUT2D eigenvalue weighted by molar-refractivity contribution is 7.52. The number of nitrogen functional groups attached to an aromatic ring is 1. The van der Waals surface area contributed by atoms with Crippen molar-refractivity contribution in [2.24, 2.45) is 5.92 Å². The second-order valence-electron chi connectivity index (χ2n) is 11.8. The SMILES string of the molecule is CCC(=O)O[C@@H]1[C@@](C)(CO[P@@](=O)(N[C@@H](C)C(=O)OCC2CC2)Oc2ccccc2)OC[C@@]1(OC(=O)CC)c1ccc2c(N)ncnn12. The number of carbonyl (C=O) groups is 3. The van der Waals surface area contributed by atoms with Crippen molar-refractivity contribution in [3.63, 3.8) is 0 Å². The summed E-state index contributed by atoms with van der Waals surface area (Å²) in [5, 5.41) is 6.97. The van der Waals surface area contributed by atoms with E-state index in [9.17, 15) is 18.9 Å². The Morgan fingerprint density at radius 1 is 1.13 bits per heavy atom. The van der Waals surface area contributed by atoms with Crippen molar-refractivity contribution in [3.05, 3.63) is 54.5 Å². The van der Waals surface area contributed by atoms with Gasteiger partial charge in [-0.05, 0) is 56.9 Å². The van der Waals surface area contributed by atoms with Gasteiger partial charge in [-0.2, -0.15) is 10.2 Å². The molecule has 1 aliphatic carbocycles. The Labute approximate surface area is 272 Å². The molecule has 3 aromatic rings. The van der Waals surface area contributed by atoms with E-state index in [1.165, 1.54) is 17.8 Å². The van der Waals surface area contributed by atoms with Crippen molar-refractivity contribution in [3.8, 4) is 5.75 Å². The van der Waals surface area contributed by atoms with Crippen LogP contribution in [-0.4, -0.2) is 70.1 Å². The van der Waals surface area contributed by atoms with Crippen LogP contribution in [0.4, 0.5) is 5.82 Å². The van der Waals surface area contributed by atoms with Gasteiger partial charge in [0, 0.05) is 12.8 Å². The lowest BCUT2D eigenvalue weighted by atomic mass is 9.85. The molecule has 0 amide bonds. The van der Waals surface area contributed by atoms with E-state index in [1.54, 1.807) is 63.2 Å². The zero-order chi connectivity index (χ0) is 33.8. The summed E-state index contributed by atoms with van der Waals surface area (Å²) in [5.41, 5.74) is 3.50. The van der Waals surface area contributed by atoms with E-state index in [0.29, 0.717) is 17.1 Å². The zero-order valence-corrected chi connectivity index (χ0v) is 27.6. The van der Waals surface area contributed by atoms with E-state index in [2.05, 4.69) is 15.2 Å². The van der Waals surface area contributed by atoms with Crippen molar-refractivity contribution >= 4 is 37.0 Å². The van der Waals surface area contributed by atoms with Gasteiger partial charge >= 0.3 is 25.7 Å². The Bertz CT molecular complexity index is 1650. The predicted octanol–water partition coefficient (Wildman–Crippen LogP) is 3.71. The van der Waals surface area contributed by atoms with Crippen LogP contribution in [0.15, 0.2) is 48.8 Å². The van der Waals surface area contributed by atoms with E-state index in [1.807, 2.05) is 0 Å². The van der Waals surface area contributed by atoms with Crippen molar-refractivity contribution in [2.75, 3.05) is 25.6 Å². The number of benzene rings is 1. The van der Waals surface area contributed by atoms with Crippen LogP contribution in [0, 0.1) is 5.92 Å². The molecule has 0 spiro atoms. The molecule has 5 atom stereocenters. The van der Waals surface area contributed by atoms with E-state index in [-0.39, 0.29) is 37.6 Å². The summed E-state index contributed by atoms with van der Waals surface area (Å²) in [6, 6.07) is 10.5. The summed E-state index contributed by atoms with van der Waals surface area (Å²) in [5.74, 6) is -1.14. The van der Waals surface area contributed by atoms with Crippen LogP contribution in [0.25, 0.3) is 5.52 Å². The quantitative estimate of drug-likeness (QED) is 0.135. The summed E-state index contributed by atoms with van der Waals surface area (Å²) < 4.78 is 51.2. The van der Waals surface area contributed by atoms with Gasteiger partial charge in [0.15, 0.2) is 11.9 Å². The number of esters is 3. The Balaban J connectivity index is 1.49. The van der Waals surface area contributed by atoms with Crippen molar-refractivity contribution in [1.82, 2.24) is 19.7 Å². The number of hydrogen-bond acceptors (Lipinski definition) is 13. The first-order valence-corrected chi connectivity index (χ1v) is 17.0. The molecule has 16 heteroatoms. The third kappa shape index (κ3) is 7.59. The minimum absolute atomic E-state index is 0.00259. The summed E-state index contributed by atoms with van der Waals surface area (Å²) in [6.07, 6.45) is 1.88. The standard InChI is InChI=1S/C31H40N5O10P/c1-5-25(37)44-29-30(4,42-18-31(29,45-26(38)6-2)24-15-14-23-27(32)33-19-34-36(23)24)17-43-47(40,46-22-10-8-7-9-11-22)35-20(3)28(39)41-16-21-12-13-21/h7-11,14-15,19-21,29H,5-6,12-13,16-18H2,1-4H3,(H,35,40)(H2,32,33,34)/t20-,29+,30+,31+,47-/m0/s1. The van der Waals surface area contributed by atoms with Crippen molar-refractivity contribution in [1.29, 1.82) is 0 Å². The maximum Gasteiger partial charge on any atom is 0.459 e. The minimum Gasteiger partial charge on any atom is -0.464 e. The average Bonchev–Trinajstić information content (AvgIpc) is 3.72. The first kappa shape index (κ1) is 34.3. The minimum atomic E-state index is -4.35. The molecule has 1 aliphatic heterocycles. The lowest BCUT2D eigenvalue weighted by Crippen LogP contribution is -2.54. The van der Waals surface area contributed by atoms with E-state index >= 15 is 0 Å². The summed E-state index contributed by atoms with van der Waals surface area (Å²) in [4.78, 5) is 42.6. The average molecular weight is 674 g/mol. The molecule has 254 valence electrons. The number of carbonyl (C=O) groups excluding carboxylic acids is 3. The number of rotatable bonds is 15. The summed E-state index contributed by atoms with van der Waals surface area (Å²) in [7, 11) is -4.35. The number of hydrogen-bond donors (Lipinski definition) is 2. The van der Waals surface area contributed by atoms with Crippen LogP contribution >= 0.6 is 7.75 Å². The van der Waals surface area contributed by atoms with Gasteiger partial charge < -0.3 is 29.2 Å². The first-order valence-electron chi connectivity index (χ1n) is 15.5. The van der Waals surface area contributed by atoms with Gasteiger partial charge in [-0.1, -0.05) is 32.0 Å². The highest BCUT2D eigenvalue weighted by atomic mass is 31.2. The number of aromatic nitrogens is 3. The highest BCUT2D eigenvalue weighted by Gasteiger charge is 2.64. The number of nitrogens with one attached hydrogen (secondary N) is 1. The summed E-state index contributed by atoms with van der Waals surface area (Å²) >= 11 is 0. The van der Waals surface area contributed by atoms with Gasteiger partial charge in [0.05, 0.1) is 25.5 Å². The number of ether oxygens (including phenoxy) is 4. The number of para-hydroxylation sites is 1. The molecule has 15 nitrogen and oxygen atoms in total. The highest BCUT2D eigenvalue weighted by Crippen LogP contribution is 2.50. The molecule has 3 heterocycles. The molecule has 2 aromatic heterocycles. The Morgan fingerprint density at radius 3 is 2.53 bits per heavy atom. The van der Waals surface area contributed by atoms with Crippen LogP contribution in [0.3, 0.4) is 0 Å². The van der Waals surface area contributed by atoms with E-state index in [4.69, 9.17) is 33.7 Å². The van der Waals surface area contributed by atoms with Crippen LogP contribution in [-0.2, 0) is 48.0 Å². The largest absolute Gasteiger partial charge is 0.464 e. The molecule has 1 aromatic carbocycles. The van der Waals surface area contributed by atoms with Crippen LogP contribution in [0.1, 0.15) is 59.1 Å². The van der Waals surface area contributed by atoms with Gasteiger partial charge in [-0.25, -0.2) is 14.1 Å². The van der Waals surface area contributed by atoms with Gasteiger partial charge in [0.1, 0.15) is 29.2 Å². The topological polar surface area (TPSA) is 192 Å². The predicted molar refractivity (Wildman–Crippen MR) is 167 cm³/mol. The number of nitrogens with zero attached hydrogens (tertiary/aromatic N) is 3. The lowest BCUT2D eigenvalue weighted by molar-refractivity contribution is -0.189. The first-order chi connectivity index (χ1) is 22.4. The molecule has 0 bridgehead atoms. The number of anilines is 1. The second-order valence-corrected chi connectivity index (χ2v) is 13.5. The van der Waals surface area contributed by atoms with Gasteiger partial charge in [-0.15, -0.1) is 0 Å². The molecule has 2 aliphatic rings. The molecule has 2 fully saturated rings. The number of nitrogens with two attached hydrogens (primary N) is 1. The fraction of sp³-hybridized carbons (Fsp3) is 0.516. The molecule has 1 saturated carbocycles. The molecular formula is C31H40N5O10P. The monoisotopic (exact) mass is 673 g/mol. The third-order valence-corrected chi connectivity index (χ3v) is 9.61. The zero-order valence-electron chi connectivity index (χ0n) is 26.7. The molecule has 0 unspecified atom stereocenters. The Hall–Kier alpha value is -4.04. The lowest BCUT2D eigenvalue weighted by Gasteiger charge is -2.38. The van der Waals surface area contributed by atoms with E-state index in [0.717, 1.165) is 12.8 Å². The fourth-order valence-electron chi connectivity index (χ4n) is 5.18. The Kier molecular flexibility index (Phi) is 10.2. The molecule has 47 heavy (non-hydrogen) atoms. The maximum atomic E-state index is 14.3. The van der Waals surface area contributed by atoms with Crippen molar-refractivity contribution < 1.29 is 46.9 Å². The number of fused-ring (bicyclic) bond motifs is 1. The molecule has 5 rings (SSSR count).